The predicted octanol–water partition coefficient (Wildman–Crippen LogP) is -0.0917. The van der Waals surface area contributed by atoms with Gasteiger partial charge in [-0.2, -0.15) is 0 Å². The van der Waals surface area contributed by atoms with Crippen molar-refractivity contribution in [3.05, 3.63) is 0 Å². The third kappa shape index (κ3) is 2.79. The van der Waals surface area contributed by atoms with E-state index in [1.807, 2.05) is 4.90 Å². The molecule has 12 heavy (non-hydrogen) atoms. The van der Waals surface area contributed by atoms with Crippen molar-refractivity contribution < 1.29 is 9.53 Å². The molecule has 0 aromatic heterocycles. The number of amides is 1. The summed E-state index contributed by atoms with van der Waals surface area (Å²) in [6.07, 6.45) is 1.19. The van der Waals surface area contributed by atoms with Crippen LogP contribution in [0.2, 0.25) is 0 Å². The molecule has 1 rings (SSSR count). The van der Waals surface area contributed by atoms with E-state index in [2.05, 4.69) is 0 Å². The molecule has 0 aromatic rings. The SMILES string of the molecule is [NH]CCCC(=O)N1CCOCC1. The Morgan fingerprint density at radius 1 is 1.42 bits per heavy atom. The van der Waals surface area contributed by atoms with E-state index in [1.165, 1.54) is 0 Å². The van der Waals surface area contributed by atoms with E-state index in [4.69, 9.17) is 10.5 Å². The minimum Gasteiger partial charge on any atom is -0.378 e. The Hall–Kier alpha value is -0.610. The van der Waals surface area contributed by atoms with Crippen LogP contribution >= 0.6 is 0 Å². The van der Waals surface area contributed by atoms with E-state index < -0.39 is 0 Å². The molecule has 0 aromatic carbocycles. The van der Waals surface area contributed by atoms with Gasteiger partial charge in [0.25, 0.3) is 0 Å². The highest BCUT2D eigenvalue weighted by atomic mass is 16.5. The molecule has 1 aliphatic rings. The second-order valence-electron chi connectivity index (χ2n) is 2.85. The minimum atomic E-state index is 0.172. The van der Waals surface area contributed by atoms with E-state index >= 15 is 0 Å². The average molecular weight is 171 g/mol. The summed E-state index contributed by atoms with van der Waals surface area (Å²) in [6.45, 7) is 3.10. The highest BCUT2D eigenvalue weighted by Crippen LogP contribution is 2.01. The van der Waals surface area contributed by atoms with Crippen LogP contribution in [0.25, 0.3) is 0 Å². The zero-order valence-electron chi connectivity index (χ0n) is 7.21. The molecular formula is C8H15N2O2. The monoisotopic (exact) mass is 171 g/mol. The fourth-order valence-corrected chi connectivity index (χ4v) is 1.21. The van der Waals surface area contributed by atoms with Crippen LogP contribution in [0.4, 0.5) is 0 Å². The molecule has 69 valence electrons. The maximum atomic E-state index is 11.3. The van der Waals surface area contributed by atoms with Gasteiger partial charge in [-0.15, -0.1) is 0 Å². The summed E-state index contributed by atoms with van der Waals surface area (Å²) < 4.78 is 5.12. The Morgan fingerprint density at radius 3 is 2.67 bits per heavy atom. The fraction of sp³-hybridized carbons (Fsp3) is 0.875. The minimum absolute atomic E-state index is 0.172. The number of carbonyl (C=O) groups is 1. The Morgan fingerprint density at radius 2 is 2.08 bits per heavy atom. The van der Waals surface area contributed by atoms with Gasteiger partial charge in [-0.1, -0.05) is 0 Å². The summed E-state index contributed by atoms with van der Waals surface area (Å²) in [7, 11) is 0. The van der Waals surface area contributed by atoms with Crippen LogP contribution in [0, 0.1) is 0 Å². The van der Waals surface area contributed by atoms with Crippen molar-refractivity contribution in [3.8, 4) is 0 Å². The first-order valence-corrected chi connectivity index (χ1v) is 4.34. The predicted molar refractivity (Wildman–Crippen MR) is 44.6 cm³/mol. The number of hydrogen-bond donors (Lipinski definition) is 0. The molecule has 1 aliphatic heterocycles. The summed E-state index contributed by atoms with van der Waals surface area (Å²) in [6, 6.07) is 0. The molecule has 0 unspecified atom stereocenters. The molecule has 4 heteroatoms. The molecule has 1 fully saturated rings. The second-order valence-corrected chi connectivity index (χ2v) is 2.85. The van der Waals surface area contributed by atoms with E-state index in [9.17, 15) is 4.79 Å². The Bertz CT molecular complexity index is 144. The quantitative estimate of drug-likeness (QED) is 0.595. The van der Waals surface area contributed by atoms with Gasteiger partial charge in [-0.3, -0.25) is 10.5 Å². The average Bonchev–Trinajstić information content (AvgIpc) is 2.15. The van der Waals surface area contributed by atoms with Crippen molar-refractivity contribution in [1.82, 2.24) is 10.6 Å². The normalized spacial score (nSPS) is 17.9. The third-order valence-electron chi connectivity index (χ3n) is 1.93. The van der Waals surface area contributed by atoms with Crippen molar-refractivity contribution in [2.75, 3.05) is 32.8 Å². The van der Waals surface area contributed by atoms with E-state index in [1.54, 1.807) is 0 Å². The van der Waals surface area contributed by atoms with Gasteiger partial charge >= 0.3 is 0 Å². The number of carbonyl (C=O) groups excluding carboxylic acids is 1. The molecule has 1 N–H and O–H groups in total. The van der Waals surface area contributed by atoms with Crippen molar-refractivity contribution in [1.29, 1.82) is 0 Å². The Labute approximate surface area is 72.7 Å². The summed E-state index contributed by atoms with van der Waals surface area (Å²) in [5.74, 6) is 0.172. The molecule has 0 bridgehead atoms. The first-order valence-electron chi connectivity index (χ1n) is 4.34. The number of rotatable bonds is 3. The molecule has 4 nitrogen and oxygen atoms in total. The number of nitrogens with zero attached hydrogens (tertiary/aromatic N) is 1. The van der Waals surface area contributed by atoms with Gasteiger partial charge < -0.3 is 9.64 Å². The molecule has 1 radical (unpaired) electrons. The van der Waals surface area contributed by atoms with Gasteiger partial charge in [-0.25, -0.2) is 0 Å². The summed E-state index contributed by atoms with van der Waals surface area (Å²) >= 11 is 0. The molecule has 0 spiro atoms. The summed E-state index contributed by atoms with van der Waals surface area (Å²) in [5, 5.41) is 0. The molecule has 0 aliphatic carbocycles. The van der Waals surface area contributed by atoms with Crippen LogP contribution in [0.3, 0.4) is 0 Å². The largest absolute Gasteiger partial charge is 0.378 e. The first kappa shape index (κ1) is 9.48. The van der Waals surface area contributed by atoms with Gasteiger partial charge in [0.1, 0.15) is 0 Å². The van der Waals surface area contributed by atoms with E-state index in [0.29, 0.717) is 32.6 Å². The lowest BCUT2D eigenvalue weighted by Crippen LogP contribution is -2.40. The van der Waals surface area contributed by atoms with Gasteiger partial charge in [-0.05, 0) is 6.42 Å². The zero-order valence-corrected chi connectivity index (χ0v) is 7.21. The summed E-state index contributed by atoms with van der Waals surface area (Å²) in [4.78, 5) is 13.2. The number of ether oxygens (including phenoxy) is 1. The maximum Gasteiger partial charge on any atom is 0.222 e. The van der Waals surface area contributed by atoms with E-state index in [0.717, 1.165) is 13.1 Å². The molecule has 0 saturated carbocycles. The van der Waals surface area contributed by atoms with Gasteiger partial charge in [0.2, 0.25) is 5.91 Å². The Balaban J connectivity index is 2.20. The lowest BCUT2D eigenvalue weighted by molar-refractivity contribution is -0.135. The van der Waals surface area contributed by atoms with Crippen LogP contribution in [-0.4, -0.2) is 43.7 Å². The third-order valence-corrected chi connectivity index (χ3v) is 1.93. The summed E-state index contributed by atoms with van der Waals surface area (Å²) in [5.41, 5.74) is 6.91. The lowest BCUT2D eigenvalue weighted by Gasteiger charge is -2.26. The van der Waals surface area contributed by atoms with Crippen LogP contribution in [-0.2, 0) is 9.53 Å². The van der Waals surface area contributed by atoms with Crippen molar-refractivity contribution in [2.24, 2.45) is 0 Å². The standard InChI is InChI=1S/C8H15N2O2/c9-3-1-2-8(11)10-4-6-12-7-5-10/h9H,1-7H2. The van der Waals surface area contributed by atoms with Crippen LogP contribution in [0.1, 0.15) is 12.8 Å². The molecule has 1 amide bonds. The van der Waals surface area contributed by atoms with E-state index in [-0.39, 0.29) is 5.91 Å². The van der Waals surface area contributed by atoms with Crippen molar-refractivity contribution in [3.63, 3.8) is 0 Å². The van der Waals surface area contributed by atoms with Gasteiger partial charge in [0, 0.05) is 26.1 Å². The van der Waals surface area contributed by atoms with Crippen LogP contribution in [0.15, 0.2) is 0 Å². The number of nitrogens with one attached hydrogen (secondary N) is 1. The fourth-order valence-electron chi connectivity index (χ4n) is 1.21. The van der Waals surface area contributed by atoms with Crippen LogP contribution < -0.4 is 5.73 Å². The molecule has 1 heterocycles. The molecule has 0 atom stereocenters. The zero-order chi connectivity index (χ0) is 8.81. The lowest BCUT2D eigenvalue weighted by atomic mass is 10.2. The smallest absolute Gasteiger partial charge is 0.222 e. The Kier molecular flexibility index (Phi) is 4.04. The second kappa shape index (κ2) is 5.11. The first-order chi connectivity index (χ1) is 5.84. The molecular weight excluding hydrogens is 156 g/mol. The van der Waals surface area contributed by atoms with Gasteiger partial charge in [0.05, 0.1) is 13.2 Å². The van der Waals surface area contributed by atoms with Crippen LogP contribution in [0.5, 0.6) is 0 Å². The number of morpholine rings is 1. The topological polar surface area (TPSA) is 53.3 Å². The maximum absolute atomic E-state index is 11.3. The van der Waals surface area contributed by atoms with Gasteiger partial charge in [0.15, 0.2) is 0 Å². The highest BCUT2D eigenvalue weighted by Gasteiger charge is 2.15. The number of hydrogen-bond acceptors (Lipinski definition) is 2. The van der Waals surface area contributed by atoms with Crippen molar-refractivity contribution in [2.45, 2.75) is 12.8 Å². The molecule has 1 saturated heterocycles. The highest BCUT2D eigenvalue weighted by molar-refractivity contribution is 5.76. The van der Waals surface area contributed by atoms with Crippen molar-refractivity contribution >= 4 is 5.91 Å².